The SMILES string of the molecule is CN(C)C(=O)CN1CCOCC2(C1)CN(C(=O)CCc1ccc[nH]1)CCO2. The summed E-state index contributed by atoms with van der Waals surface area (Å²) in [6, 6.07) is 3.93. The maximum absolute atomic E-state index is 12.7. The summed E-state index contributed by atoms with van der Waals surface area (Å²) in [6.45, 7) is 4.21. The third kappa shape index (κ3) is 5.31. The van der Waals surface area contributed by atoms with Crippen molar-refractivity contribution in [3.8, 4) is 0 Å². The molecular formula is C19H30N4O4. The topological polar surface area (TPSA) is 78.1 Å². The molecule has 1 aromatic heterocycles. The Balaban J connectivity index is 1.59. The molecule has 150 valence electrons. The molecule has 8 nitrogen and oxygen atoms in total. The van der Waals surface area contributed by atoms with Gasteiger partial charge in [0.1, 0.15) is 5.60 Å². The molecule has 2 aliphatic heterocycles. The van der Waals surface area contributed by atoms with Gasteiger partial charge in [0.25, 0.3) is 0 Å². The molecule has 2 saturated heterocycles. The van der Waals surface area contributed by atoms with Gasteiger partial charge in [-0.2, -0.15) is 0 Å². The van der Waals surface area contributed by atoms with Crippen molar-refractivity contribution in [3.05, 3.63) is 24.0 Å². The highest BCUT2D eigenvalue weighted by Crippen LogP contribution is 2.23. The first-order valence-corrected chi connectivity index (χ1v) is 9.52. The van der Waals surface area contributed by atoms with Crippen molar-refractivity contribution >= 4 is 11.8 Å². The minimum absolute atomic E-state index is 0.0572. The zero-order valence-corrected chi connectivity index (χ0v) is 16.3. The Kier molecular flexibility index (Phi) is 6.51. The van der Waals surface area contributed by atoms with Gasteiger partial charge in [0.2, 0.25) is 11.8 Å². The van der Waals surface area contributed by atoms with Crippen LogP contribution in [-0.2, 0) is 25.5 Å². The minimum atomic E-state index is -0.566. The monoisotopic (exact) mass is 378 g/mol. The van der Waals surface area contributed by atoms with E-state index < -0.39 is 5.60 Å². The Morgan fingerprint density at radius 2 is 2.11 bits per heavy atom. The molecule has 1 unspecified atom stereocenters. The van der Waals surface area contributed by atoms with Gasteiger partial charge in [-0.05, 0) is 18.6 Å². The number of H-pyrrole nitrogens is 1. The minimum Gasteiger partial charge on any atom is -0.377 e. The average molecular weight is 378 g/mol. The van der Waals surface area contributed by atoms with Gasteiger partial charge in [-0.25, -0.2) is 0 Å². The van der Waals surface area contributed by atoms with Crippen LogP contribution < -0.4 is 0 Å². The number of aryl methyl sites for hydroxylation is 1. The summed E-state index contributed by atoms with van der Waals surface area (Å²) >= 11 is 0. The second-order valence-electron chi connectivity index (χ2n) is 7.59. The highest BCUT2D eigenvalue weighted by molar-refractivity contribution is 5.77. The first kappa shape index (κ1) is 19.9. The fourth-order valence-electron chi connectivity index (χ4n) is 3.62. The fourth-order valence-corrected chi connectivity index (χ4v) is 3.62. The highest BCUT2D eigenvalue weighted by atomic mass is 16.5. The molecule has 0 aromatic carbocycles. The van der Waals surface area contributed by atoms with E-state index in [0.717, 1.165) is 5.69 Å². The number of amides is 2. The van der Waals surface area contributed by atoms with E-state index in [2.05, 4.69) is 9.88 Å². The Morgan fingerprint density at radius 3 is 2.85 bits per heavy atom. The van der Waals surface area contributed by atoms with Crippen molar-refractivity contribution in [3.63, 3.8) is 0 Å². The maximum atomic E-state index is 12.7. The van der Waals surface area contributed by atoms with Gasteiger partial charge in [-0.15, -0.1) is 0 Å². The number of hydrogen-bond acceptors (Lipinski definition) is 5. The van der Waals surface area contributed by atoms with Crippen LogP contribution in [0.5, 0.6) is 0 Å². The normalized spacial score (nSPS) is 24.0. The van der Waals surface area contributed by atoms with Crippen LogP contribution in [-0.4, -0.2) is 104 Å². The van der Waals surface area contributed by atoms with Crippen molar-refractivity contribution in [2.45, 2.75) is 18.4 Å². The van der Waals surface area contributed by atoms with Crippen LogP contribution in [0.3, 0.4) is 0 Å². The van der Waals surface area contributed by atoms with Gasteiger partial charge in [-0.1, -0.05) is 0 Å². The number of likely N-dealkylation sites (N-methyl/N-ethyl adjacent to an activating group) is 1. The molecule has 1 spiro atoms. The number of morpholine rings is 1. The number of nitrogens with one attached hydrogen (secondary N) is 1. The second-order valence-corrected chi connectivity index (χ2v) is 7.59. The molecule has 1 N–H and O–H groups in total. The third-order valence-electron chi connectivity index (χ3n) is 5.16. The summed E-state index contributed by atoms with van der Waals surface area (Å²) in [4.78, 5) is 33.5. The summed E-state index contributed by atoms with van der Waals surface area (Å²) < 4.78 is 11.9. The largest absolute Gasteiger partial charge is 0.377 e. The van der Waals surface area contributed by atoms with Gasteiger partial charge in [0.15, 0.2) is 0 Å². The van der Waals surface area contributed by atoms with Crippen LogP contribution in [0.4, 0.5) is 0 Å². The van der Waals surface area contributed by atoms with Crippen LogP contribution in [0.2, 0.25) is 0 Å². The molecule has 0 saturated carbocycles. The molecule has 3 heterocycles. The molecule has 2 aliphatic rings. The van der Waals surface area contributed by atoms with E-state index in [0.29, 0.717) is 65.4 Å². The third-order valence-corrected chi connectivity index (χ3v) is 5.16. The lowest BCUT2D eigenvalue weighted by atomic mass is 10.0. The summed E-state index contributed by atoms with van der Waals surface area (Å²) in [5, 5.41) is 0. The van der Waals surface area contributed by atoms with Gasteiger partial charge < -0.3 is 24.3 Å². The van der Waals surface area contributed by atoms with Gasteiger partial charge >= 0.3 is 0 Å². The number of carbonyl (C=O) groups excluding carboxylic acids is 2. The molecule has 27 heavy (non-hydrogen) atoms. The number of aromatic amines is 1. The molecule has 1 atom stereocenters. The van der Waals surface area contributed by atoms with Gasteiger partial charge in [-0.3, -0.25) is 14.5 Å². The Labute approximate surface area is 160 Å². The average Bonchev–Trinajstić information content (AvgIpc) is 3.10. The van der Waals surface area contributed by atoms with Gasteiger partial charge in [0.05, 0.1) is 32.9 Å². The van der Waals surface area contributed by atoms with Crippen molar-refractivity contribution in [2.75, 3.05) is 66.6 Å². The van der Waals surface area contributed by atoms with Crippen LogP contribution in [0.1, 0.15) is 12.1 Å². The molecule has 0 aliphatic carbocycles. The summed E-state index contributed by atoms with van der Waals surface area (Å²) in [5.41, 5.74) is 0.501. The molecule has 2 amide bonds. The number of carbonyl (C=O) groups is 2. The molecule has 1 aromatic rings. The molecule has 0 bridgehead atoms. The van der Waals surface area contributed by atoms with E-state index in [1.165, 1.54) is 0 Å². The van der Waals surface area contributed by atoms with Gasteiger partial charge in [0, 0.05) is 52.0 Å². The summed E-state index contributed by atoms with van der Waals surface area (Å²) in [5.74, 6) is 0.189. The van der Waals surface area contributed by atoms with Crippen LogP contribution >= 0.6 is 0 Å². The number of ether oxygens (including phenoxy) is 2. The molecule has 8 heteroatoms. The Hall–Kier alpha value is -1.90. The first-order valence-electron chi connectivity index (χ1n) is 9.52. The van der Waals surface area contributed by atoms with E-state index in [1.807, 2.05) is 23.2 Å². The summed E-state index contributed by atoms with van der Waals surface area (Å²) in [7, 11) is 3.52. The van der Waals surface area contributed by atoms with Crippen LogP contribution in [0, 0.1) is 0 Å². The summed E-state index contributed by atoms with van der Waals surface area (Å²) in [6.07, 6.45) is 3.05. The van der Waals surface area contributed by atoms with Crippen LogP contribution in [0.15, 0.2) is 18.3 Å². The number of aromatic nitrogens is 1. The lowest BCUT2D eigenvalue weighted by Gasteiger charge is -2.43. The predicted molar refractivity (Wildman–Crippen MR) is 100 cm³/mol. The maximum Gasteiger partial charge on any atom is 0.236 e. The van der Waals surface area contributed by atoms with Crippen molar-refractivity contribution < 1.29 is 19.1 Å². The number of nitrogens with zero attached hydrogens (tertiary/aromatic N) is 3. The van der Waals surface area contributed by atoms with E-state index in [9.17, 15) is 9.59 Å². The molecule has 3 rings (SSSR count). The smallest absolute Gasteiger partial charge is 0.236 e. The van der Waals surface area contributed by atoms with E-state index in [-0.39, 0.29) is 11.8 Å². The van der Waals surface area contributed by atoms with Crippen LogP contribution in [0.25, 0.3) is 0 Å². The highest BCUT2D eigenvalue weighted by Gasteiger charge is 2.41. The lowest BCUT2D eigenvalue weighted by molar-refractivity contribution is -0.162. The first-order chi connectivity index (χ1) is 13.0. The number of rotatable bonds is 5. The van der Waals surface area contributed by atoms with Crippen molar-refractivity contribution in [1.82, 2.24) is 19.7 Å². The molecule has 0 radical (unpaired) electrons. The quantitative estimate of drug-likeness (QED) is 0.778. The second kappa shape index (κ2) is 8.86. The van der Waals surface area contributed by atoms with Crippen molar-refractivity contribution in [2.24, 2.45) is 0 Å². The predicted octanol–water partition coefficient (Wildman–Crippen LogP) is -0.0347. The zero-order chi connectivity index (χ0) is 19.3. The number of hydrogen-bond donors (Lipinski definition) is 1. The van der Waals surface area contributed by atoms with E-state index in [4.69, 9.17) is 9.47 Å². The lowest BCUT2D eigenvalue weighted by Crippen LogP contribution is -2.60. The molecule has 2 fully saturated rings. The Morgan fingerprint density at radius 1 is 1.26 bits per heavy atom. The fraction of sp³-hybridized carbons (Fsp3) is 0.684. The van der Waals surface area contributed by atoms with E-state index >= 15 is 0 Å². The zero-order valence-electron chi connectivity index (χ0n) is 16.3. The standard InChI is InChI=1S/C19H30N4O4/c1-21(2)18(25)12-22-8-10-26-15-19(13-22)14-23(9-11-27-19)17(24)6-5-16-4-3-7-20-16/h3-4,7,20H,5-6,8-15H2,1-2H3. The van der Waals surface area contributed by atoms with Crippen molar-refractivity contribution in [1.29, 1.82) is 0 Å². The Bertz CT molecular complexity index is 634. The van der Waals surface area contributed by atoms with E-state index in [1.54, 1.807) is 19.0 Å². The molecular weight excluding hydrogens is 348 g/mol.